The van der Waals surface area contributed by atoms with E-state index in [0.717, 1.165) is 38.5 Å². The molecule has 0 radical (unpaired) electrons. The van der Waals surface area contributed by atoms with Crippen molar-refractivity contribution in [2.45, 2.75) is 56.7 Å². The molecule has 0 saturated carbocycles. The summed E-state index contributed by atoms with van der Waals surface area (Å²) in [5.74, 6) is 0.608. The van der Waals surface area contributed by atoms with Gasteiger partial charge in [-0.2, -0.15) is 0 Å². The van der Waals surface area contributed by atoms with E-state index in [9.17, 15) is 0 Å². The van der Waals surface area contributed by atoms with Crippen LogP contribution in [0.25, 0.3) is 0 Å². The van der Waals surface area contributed by atoms with Crippen molar-refractivity contribution in [2.75, 3.05) is 0 Å². The Kier molecular flexibility index (Phi) is 6.57. The molecular weight excluding hydrogens is 340 g/mol. The smallest absolute Gasteiger partial charge is 0.0588 e. The zero-order valence-electron chi connectivity index (χ0n) is 16.5. The van der Waals surface area contributed by atoms with Crippen molar-refractivity contribution in [2.24, 2.45) is 0 Å². The molecule has 0 aromatic heterocycles. The maximum atomic E-state index is 6.58. The van der Waals surface area contributed by atoms with Gasteiger partial charge in [-0.15, -0.1) is 0 Å². The summed E-state index contributed by atoms with van der Waals surface area (Å²) in [6, 6.07) is 32.6. The molecule has 1 aliphatic rings. The number of hydrogen-bond acceptors (Lipinski definition) is 1. The maximum absolute atomic E-state index is 6.58. The lowest BCUT2D eigenvalue weighted by molar-refractivity contribution is -0.0637. The second-order valence-electron chi connectivity index (χ2n) is 8.01. The summed E-state index contributed by atoms with van der Waals surface area (Å²) in [6.45, 7) is 0. The fraction of sp³-hybridized carbons (Fsp3) is 0.333. The van der Waals surface area contributed by atoms with Crippen LogP contribution in [-0.4, -0.2) is 12.2 Å². The molecule has 0 aliphatic carbocycles. The van der Waals surface area contributed by atoms with E-state index in [-0.39, 0.29) is 0 Å². The lowest BCUT2D eigenvalue weighted by Crippen LogP contribution is -2.32. The normalized spacial score (nSPS) is 22.1. The predicted octanol–water partition coefficient (Wildman–Crippen LogP) is 6.58. The van der Waals surface area contributed by atoms with E-state index in [1.807, 2.05) is 0 Å². The summed E-state index contributed by atoms with van der Waals surface area (Å²) in [5, 5.41) is 0. The van der Waals surface area contributed by atoms with Gasteiger partial charge in [-0.25, -0.2) is 0 Å². The first-order valence-corrected chi connectivity index (χ1v) is 10.6. The van der Waals surface area contributed by atoms with Gasteiger partial charge in [0.05, 0.1) is 12.2 Å². The van der Waals surface area contributed by atoms with Crippen LogP contribution in [0.15, 0.2) is 91.0 Å². The quantitative estimate of drug-likeness (QED) is 0.456. The van der Waals surface area contributed by atoms with Crippen LogP contribution in [0.4, 0.5) is 0 Å². The van der Waals surface area contributed by atoms with E-state index in [1.165, 1.54) is 16.7 Å². The average Bonchev–Trinajstić information content (AvgIpc) is 2.78. The summed E-state index contributed by atoms with van der Waals surface area (Å²) in [7, 11) is 0. The minimum atomic E-state index is 0.347. The molecule has 28 heavy (non-hydrogen) atoms. The van der Waals surface area contributed by atoms with E-state index in [4.69, 9.17) is 4.74 Å². The van der Waals surface area contributed by atoms with Crippen molar-refractivity contribution in [3.8, 4) is 0 Å². The molecule has 1 fully saturated rings. The number of aryl methyl sites for hydroxylation is 2. The van der Waals surface area contributed by atoms with Crippen LogP contribution in [0.2, 0.25) is 0 Å². The zero-order chi connectivity index (χ0) is 19.0. The van der Waals surface area contributed by atoms with Crippen molar-refractivity contribution >= 4 is 0 Å². The van der Waals surface area contributed by atoms with Gasteiger partial charge < -0.3 is 4.74 Å². The molecule has 3 aromatic carbocycles. The van der Waals surface area contributed by atoms with E-state index >= 15 is 0 Å². The Morgan fingerprint density at radius 3 is 1.46 bits per heavy atom. The van der Waals surface area contributed by atoms with Gasteiger partial charge in [0, 0.05) is 0 Å². The van der Waals surface area contributed by atoms with Gasteiger partial charge in [0.25, 0.3) is 0 Å². The van der Waals surface area contributed by atoms with Crippen LogP contribution in [0.3, 0.4) is 0 Å². The summed E-state index contributed by atoms with van der Waals surface area (Å²) in [5.41, 5.74) is 4.29. The summed E-state index contributed by atoms with van der Waals surface area (Å²) in [4.78, 5) is 0. The molecule has 4 rings (SSSR count). The third-order valence-electron chi connectivity index (χ3n) is 5.95. The highest BCUT2D eigenvalue weighted by Gasteiger charge is 2.30. The van der Waals surface area contributed by atoms with Crippen molar-refractivity contribution in [3.05, 3.63) is 108 Å². The Morgan fingerprint density at radius 2 is 1.00 bits per heavy atom. The highest BCUT2D eigenvalue weighted by molar-refractivity contribution is 5.21. The van der Waals surface area contributed by atoms with Crippen molar-refractivity contribution < 1.29 is 4.74 Å². The lowest BCUT2D eigenvalue weighted by atomic mass is 9.83. The number of benzene rings is 3. The molecular formula is C27H30O. The third kappa shape index (κ3) is 5.33. The van der Waals surface area contributed by atoms with Gasteiger partial charge in [0.15, 0.2) is 0 Å². The van der Waals surface area contributed by atoms with Crippen LogP contribution in [0, 0.1) is 0 Å². The maximum Gasteiger partial charge on any atom is 0.0588 e. The molecule has 1 heterocycles. The van der Waals surface area contributed by atoms with Gasteiger partial charge in [-0.1, -0.05) is 91.0 Å². The lowest BCUT2D eigenvalue weighted by Gasteiger charge is -2.36. The minimum Gasteiger partial charge on any atom is -0.375 e. The molecule has 1 aliphatic heterocycles. The number of hydrogen-bond donors (Lipinski definition) is 0. The standard InChI is InChI=1S/C27H30O/c1-4-10-22(11-5-1)16-18-26-20-25(24-14-8-3-9-15-24)21-27(28-26)19-17-23-12-6-2-7-13-23/h1-15,25-27H,16-21H2/t25?,26-,27+. The Hall–Kier alpha value is -2.38. The zero-order valence-corrected chi connectivity index (χ0v) is 16.5. The second-order valence-corrected chi connectivity index (χ2v) is 8.01. The Bertz CT molecular complexity index is 761. The molecule has 0 amide bonds. The number of rotatable bonds is 7. The Morgan fingerprint density at radius 1 is 0.571 bits per heavy atom. The third-order valence-corrected chi connectivity index (χ3v) is 5.95. The highest BCUT2D eigenvalue weighted by atomic mass is 16.5. The van der Waals surface area contributed by atoms with Crippen LogP contribution in [-0.2, 0) is 17.6 Å². The Balaban J connectivity index is 1.41. The second kappa shape index (κ2) is 9.71. The van der Waals surface area contributed by atoms with Crippen molar-refractivity contribution in [3.63, 3.8) is 0 Å². The molecule has 1 heteroatoms. The summed E-state index contributed by atoms with van der Waals surface area (Å²) < 4.78 is 6.58. The molecule has 3 atom stereocenters. The first-order chi connectivity index (χ1) is 13.9. The van der Waals surface area contributed by atoms with E-state index in [0.29, 0.717) is 18.1 Å². The molecule has 1 unspecified atom stereocenters. The average molecular weight is 371 g/mol. The van der Waals surface area contributed by atoms with Gasteiger partial charge >= 0.3 is 0 Å². The minimum absolute atomic E-state index is 0.347. The van der Waals surface area contributed by atoms with Crippen molar-refractivity contribution in [1.29, 1.82) is 0 Å². The van der Waals surface area contributed by atoms with E-state index < -0.39 is 0 Å². The first kappa shape index (κ1) is 19.0. The largest absolute Gasteiger partial charge is 0.375 e. The molecule has 1 saturated heterocycles. The van der Waals surface area contributed by atoms with E-state index in [2.05, 4.69) is 91.0 Å². The monoisotopic (exact) mass is 370 g/mol. The van der Waals surface area contributed by atoms with Crippen LogP contribution in [0.1, 0.15) is 48.3 Å². The molecule has 0 bridgehead atoms. The first-order valence-electron chi connectivity index (χ1n) is 10.6. The van der Waals surface area contributed by atoms with Gasteiger partial charge in [0.2, 0.25) is 0 Å². The van der Waals surface area contributed by atoms with Crippen LogP contribution < -0.4 is 0 Å². The summed E-state index contributed by atoms with van der Waals surface area (Å²) in [6.07, 6.45) is 7.37. The van der Waals surface area contributed by atoms with Crippen LogP contribution >= 0.6 is 0 Å². The topological polar surface area (TPSA) is 9.23 Å². The number of ether oxygens (including phenoxy) is 1. The summed E-state index contributed by atoms with van der Waals surface area (Å²) >= 11 is 0. The van der Waals surface area contributed by atoms with Gasteiger partial charge in [-0.05, 0) is 61.1 Å². The fourth-order valence-electron chi connectivity index (χ4n) is 4.43. The molecule has 0 N–H and O–H groups in total. The predicted molar refractivity (Wildman–Crippen MR) is 117 cm³/mol. The molecule has 1 nitrogen and oxygen atoms in total. The van der Waals surface area contributed by atoms with Gasteiger partial charge in [0.1, 0.15) is 0 Å². The van der Waals surface area contributed by atoms with E-state index in [1.54, 1.807) is 0 Å². The van der Waals surface area contributed by atoms with Gasteiger partial charge in [-0.3, -0.25) is 0 Å². The molecule has 3 aromatic rings. The van der Waals surface area contributed by atoms with Crippen LogP contribution in [0.5, 0.6) is 0 Å². The molecule has 0 spiro atoms. The Labute approximate surface area is 169 Å². The molecule has 144 valence electrons. The SMILES string of the molecule is c1ccc(CC[C@@H]2CC(c3ccccc3)C[C@H](CCc3ccccc3)O2)cc1. The highest BCUT2D eigenvalue weighted by Crippen LogP contribution is 2.36. The van der Waals surface area contributed by atoms with Crippen molar-refractivity contribution in [1.82, 2.24) is 0 Å². The fourth-order valence-corrected chi connectivity index (χ4v) is 4.43.